The molecule has 0 radical (unpaired) electrons. The second-order valence-electron chi connectivity index (χ2n) is 2.50. The molecular weight excluding hydrogens is 175 g/mol. The molecule has 2 unspecified atom stereocenters. The lowest BCUT2D eigenvalue weighted by molar-refractivity contribution is -0.174. The average Bonchev–Trinajstić information content (AvgIpc) is 1.85. The van der Waals surface area contributed by atoms with Gasteiger partial charge in [0.25, 0.3) is 0 Å². The Morgan fingerprint density at radius 2 is 1.83 bits per heavy atom. The van der Waals surface area contributed by atoms with Crippen molar-refractivity contribution in [3.63, 3.8) is 0 Å². The molecule has 0 saturated carbocycles. The van der Waals surface area contributed by atoms with Gasteiger partial charge in [-0.25, -0.2) is 0 Å². The molecule has 1 amide bonds. The lowest BCUT2D eigenvalue weighted by Crippen LogP contribution is -2.46. The third kappa shape index (κ3) is 3.56. The van der Waals surface area contributed by atoms with Crippen molar-refractivity contribution in [2.45, 2.75) is 32.2 Å². The lowest BCUT2D eigenvalue weighted by Gasteiger charge is -2.17. The number of carbonyl (C=O) groups is 1. The predicted molar refractivity (Wildman–Crippen MR) is 35.3 cm³/mol. The predicted octanol–water partition coefficient (Wildman–Crippen LogP) is 0.434. The van der Waals surface area contributed by atoms with Crippen LogP contribution in [0.3, 0.4) is 0 Å². The zero-order valence-corrected chi connectivity index (χ0v) is 6.64. The van der Waals surface area contributed by atoms with E-state index in [0.717, 1.165) is 0 Å². The van der Waals surface area contributed by atoms with Crippen molar-refractivity contribution in [3.8, 4) is 0 Å². The molecule has 0 aliphatic carbocycles. The number of hydrogen-bond donors (Lipinski definition) is 2. The molecule has 0 bridgehead atoms. The van der Waals surface area contributed by atoms with Crippen molar-refractivity contribution < 1.29 is 23.1 Å². The van der Waals surface area contributed by atoms with Gasteiger partial charge in [-0.05, 0) is 13.8 Å². The van der Waals surface area contributed by atoms with E-state index in [1.807, 2.05) is 0 Å². The summed E-state index contributed by atoms with van der Waals surface area (Å²) in [7, 11) is 0. The monoisotopic (exact) mass is 185 g/mol. The second kappa shape index (κ2) is 3.75. The Bertz CT molecular complexity index is 167. The van der Waals surface area contributed by atoms with Crippen LogP contribution in [0.5, 0.6) is 0 Å². The van der Waals surface area contributed by atoms with Crippen LogP contribution < -0.4 is 5.32 Å². The number of aliphatic hydroxyl groups excluding tert-OH is 1. The van der Waals surface area contributed by atoms with Gasteiger partial charge in [0, 0.05) is 0 Å². The van der Waals surface area contributed by atoms with E-state index in [1.54, 1.807) is 5.32 Å². The maximum atomic E-state index is 11.6. The van der Waals surface area contributed by atoms with Gasteiger partial charge in [0.15, 0.2) is 0 Å². The highest BCUT2D eigenvalue weighted by molar-refractivity contribution is 5.81. The van der Waals surface area contributed by atoms with Crippen molar-refractivity contribution in [3.05, 3.63) is 0 Å². The molecule has 12 heavy (non-hydrogen) atoms. The molecule has 2 N–H and O–H groups in total. The van der Waals surface area contributed by atoms with Crippen LogP contribution in [0.25, 0.3) is 0 Å². The van der Waals surface area contributed by atoms with Gasteiger partial charge < -0.3 is 10.4 Å². The summed E-state index contributed by atoms with van der Waals surface area (Å²) in [5.74, 6) is -2.03. The molecule has 0 aromatic rings. The van der Waals surface area contributed by atoms with Crippen LogP contribution in [0.4, 0.5) is 13.2 Å². The van der Waals surface area contributed by atoms with Gasteiger partial charge >= 0.3 is 12.1 Å². The topological polar surface area (TPSA) is 49.3 Å². The summed E-state index contributed by atoms with van der Waals surface area (Å²) in [5, 5.41) is 10.4. The van der Waals surface area contributed by atoms with Crippen LogP contribution in [0.2, 0.25) is 0 Å². The van der Waals surface area contributed by atoms with Gasteiger partial charge in [0.2, 0.25) is 0 Å². The molecule has 0 rings (SSSR count). The first-order valence-corrected chi connectivity index (χ1v) is 3.31. The van der Waals surface area contributed by atoms with Crippen LogP contribution in [-0.2, 0) is 4.79 Å². The molecule has 0 aromatic heterocycles. The molecule has 0 saturated heterocycles. The highest BCUT2D eigenvalue weighted by Crippen LogP contribution is 2.14. The van der Waals surface area contributed by atoms with Crippen LogP contribution in [0.1, 0.15) is 13.8 Å². The molecule has 72 valence electrons. The fourth-order valence-electron chi connectivity index (χ4n) is 0.409. The Morgan fingerprint density at radius 1 is 1.42 bits per heavy atom. The molecule has 6 heteroatoms. The van der Waals surface area contributed by atoms with Crippen LogP contribution in [0, 0.1) is 0 Å². The molecule has 0 aliphatic heterocycles. The third-order valence-corrected chi connectivity index (χ3v) is 1.34. The van der Waals surface area contributed by atoms with E-state index in [1.165, 1.54) is 13.8 Å². The Kier molecular flexibility index (Phi) is 3.51. The smallest absolute Gasteiger partial charge is 0.391 e. The molecule has 0 heterocycles. The SMILES string of the molecule is CC(O)C(C)NC(=O)C(F)(F)F. The van der Waals surface area contributed by atoms with Crippen LogP contribution in [0.15, 0.2) is 0 Å². The number of carbonyl (C=O) groups excluding carboxylic acids is 1. The van der Waals surface area contributed by atoms with Crippen molar-refractivity contribution in [1.29, 1.82) is 0 Å². The summed E-state index contributed by atoms with van der Waals surface area (Å²) in [6.07, 6.45) is -5.89. The van der Waals surface area contributed by atoms with Gasteiger partial charge in [-0.15, -0.1) is 0 Å². The standard InChI is InChI=1S/C6H10F3NO2/c1-3(4(2)11)10-5(12)6(7,8)9/h3-4,11H,1-2H3,(H,10,12). The Morgan fingerprint density at radius 3 is 2.08 bits per heavy atom. The van der Waals surface area contributed by atoms with Crippen molar-refractivity contribution in [2.24, 2.45) is 0 Å². The summed E-state index contributed by atoms with van der Waals surface area (Å²) < 4.78 is 34.7. The third-order valence-electron chi connectivity index (χ3n) is 1.34. The van der Waals surface area contributed by atoms with Gasteiger partial charge in [-0.1, -0.05) is 0 Å². The highest BCUT2D eigenvalue weighted by atomic mass is 19.4. The zero-order chi connectivity index (χ0) is 9.94. The number of aliphatic hydroxyl groups is 1. The Balaban J connectivity index is 4.02. The fraction of sp³-hybridized carbons (Fsp3) is 0.833. The molecule has 0 aromatic carbocycles. The minimum atomic E-state index is -4.89. The van der Waals surface area contributed by atoms with E-state index in [-0.39, 0.29) is 0 Å². The average molecular weight is 185 g/mol. The summed E-state index contributed by atoms with van der Waals surface area (Å²) in [5.41, 5.74) is 0. The Labute approximate surface area is 67.6 Å². The van der Waals surface area contributed by atoms with E-state index < -0.39 is 24.2 Å². The first kappa shape index (κ1) is 11.2. The molecule has 0 fully saturated rings. The van der Waals surface area contributed by atoms with Crippen molar-refractivity contribution >= 4 is 5.91 Å². The second-order valence-corrected chi connectivity index (χ2v) is 2.50. The van der Waals surface area contributed by atoms with E-state index in [9.17, 15) is 18.0 Å². The lowest BCUT2D eigenvalue weighted by atomic mass is 10.2. The normalized spacial score (nSPS) is 16.8. The Hall–Kier alpha value is -0.780. The maximum absolute atomic E-state index is 11.6. The van der Waals surface area contributed by atoms with Gasteiger partial charge in [-0.3, -0.25) is 4.79 Å². The van der Waals surface area contributed by atoms with Gasteiger partial charge in [-0.2, -0.15) is 13.2 Å². The number of nitrogens with one attached hydrogen (secondary N) is 1. The number of halogens is 3. The number of alkyl halides is 3. The molecule has 2 atom stereocenters. The molecule has 0 spiro atoms. The largest absolute Gasteiger partial charge is 0.471 e. The molecular formula is C6H10F3NO2. The minimum absolute atomic E-state index is 0.904. The van der Waals surface area contributed by atoms with Gasteiger partial charge in [0.1, 0.15) is 0 Å². The summed E-state index contributed by atoms with van der Waals surface area (Å²) in [6.45, 7) is 2.58. The van der Waals surface area contributed by atoms with Gasteiger partial charge in [0.05, 0.1) is 12.1 Å². The summed E-state index contributed by atoms with van der Waals surface area (Å²) >= 11 is 0. The first-order chi connectivity index (χ1) is 5.25. The van der Waals surface area contributed by atoms with E-state index in [4.69, 9.17) is 5.11 Å². The van der Waals surface area contributed by atoms with Crippen molar-refractivity contribution in [1.82, 2.24) is 5.32 Å². The quantitative estimate of drug-likeness (QED) is 0.655. The van der Waals surface area contributed by atoms with Crippen LogP contribution >= 0.6 is 0 Å². The first-order valence-electron chi connectivity index (χ1n) is 3.31. The number of amides is 1. The number of hydrogen-bond acceptors (Lipinski definition) is 2. The molecule has 0 aliphatic rings. The summed E-state index contributed by atoms with van der Waals surface area (Å²) in [4.78, 5) is 10.2. The van der Waals surface area contributed by atoms with E-state index >= 15 is 0 Å². The minimum Gasteiger partial charge on any atom is -0.391 e. The fourth-order valence-corrected chi connectivity index (χ4v) is 0.409. The maximum Gasteiger partial charge on any atom is 0.471 e. The van der Waals surface area contributed by atoms with Crippen LogP contribution in [-0.4, -0.2) is 29.3 Å². The number of rotatable bonds is 2. The highest BCUT2D eigenvalue weighted by Gasteiger charge is 2.39. The molecule has 3 nitrogen and oxygen atoms in total. The van der Waals surface area contributed by atoms with E-state index in [2.05, 4.69) is 0 Å². The van der Waals surface area contributed by atoms with E-state index in [0.29, 0.717) is 0 Å². The van der Waals surface area contributed by atoms with Crippen molar-refractivity contribution in [2.75, 3.05) is 0 Å². The zero-order valence-electron chi connectivity index (χ0n) is 6.64. The summed E-state index contributed by atoms with van der Waals surface area (Å²) in [6, 6.07) is -0.904.